The Morgan fingerprint density at radius 1 is 1.00 bits per heavy atom. The minimum absolute atomic E-state index is 0.198. The third-order valence-corrected chi connectivity index (χ3v) is 3.75. The number of aryl methyl sites for hydroxylation is 3. The molecule has 1 aromatic heterocycles. The zero-order chi connectivity index (χ0) is 15.0. The van der Waals surface area contributed by atoms with Gasteiger partial charge in [0.1, 0.15) is 5.75 Å². The normalized spacial score (nSPS) is 10.7. The Morgan fingerprint density at radius 3 is 2.10 bits per heavy atom. The Kier molecular flexibility index (Phi) is 4.11. The predicted octanol–water partition coefficient (Wildman–Crippen LogP) is 4.65. The molecule has 2 aromatic rings. The topological polar surface area (TPSA) is 36.2 Å². The smallest absolute Gasteiger partial charge is 0.389 e. The predicted molar refractivity (Wildman–Crippen MR) is 80.9 cm³/mol. The fraction of sp³-hybridized carbons (Fsp3) is 0.267. The third-order valence-electron chi connectivity index (χ3n) is 3.14. The molecule has 0 unspecified atom stereocenters. The van der Waals surface area contributed by atoms with E-state index < -0.39 is 0 Å². The van der Waals surface area contributed by atoms with Crippen molar-refractivity contribution in [2.45, 2.75) is 27.7 Å². The second kappa shape index (κ2) is 5.51. The number of aromatic nitrogens is 1. The first-order valence-corrected chi connectivity index (χ1v) is 6.90. The van der Waals surface area contributed by atoms with Gasteiger partial charge in [-0.2, -0.15) is 0 Å². The molecular formula is C15H15Cl2NO2. The van der Waals surface area contributed by atoms with Crippen molar-refractivity contribution in [3.63, 3.8) is 0 Å². The largest absolute Gasteiger partial charge is 0.616 e. The minimum atomic E-state index is 0.198. The van der Waals surface area contributed by atoms with Crippen LogP contribution in [0.15, 0.2) is 18.2 Å². The highest BCUT2D eigenvalue weighted by molar-refractivity contribution is 6.31. The molecule has 0 saturated heterocycles. The van der Waals surface area contributed by atoms with E-state index in [1.807, 2.05) is 13.8 Å². The van der Waals surface area contributed by atoms with Gasteiger partial charge >= 0.3 is 5.88 Å². The molecule has 0 aliphatic heterocycles. The number of halogens is 2. The summed E-state index contributed by atoms with van der Waals surface area (Å²) in [6, 6.07) is 5.22. The van der Waals surface area contributed by atoms with Crippen LogP contribution in [0.1, 0.15) is 22.4 Å². The van der Waals surface area contributed by atoms with Crippen LogP contribution >= 0.6 is 23.2 Å². The molecule has 106 valence electrons. The maximum atomic E-state index is 12.1. The van der Waals surface area contributed by atoms with Crippen LogP contribution in [0.25, 0.3) is 0 Å². The van der Waals surface area contributed by atoms with Crippen LogP contribution in [0, 0.1) is 32.9 Å². The zero-order valence-corrected chi connectivity index (χ0v) is 13.3. The molecule has 0 aliphatic carbocycles. The molecule has 0 amide bonds. The van der Waals surface area contributed by atoms with Gasteiger partial charge in [-0.25, -0.2) is 0 Å². The van der Waals surface area contributed by atoms with Crippen LogP contribution in [0.5, 0.6) is 11.6 Å². The van der Waals surface area contributed by atoms with Crippen LogP contribution in [0.3, 0.4) is 0 Å². The lowest BCUT2D eigenvalue weighted by Crippen LogP contribution is -2.32. The molecule has 0 saturated carbocycles. The molecule has 0 radical (unpaired) electrons. The molecule has 1 aromatic carbocycles. The van der Waals surface area contributed by atoms with Gasteiger partial charge in [0, 0.05) is 18.0 Å². The van der Waals surface area contributed by atoms with E-state index in [0.29, 0.717) is 27.1 Å². The van der Waals surface area contributed by atoms with Gasteiger partial charge in [0.05, 0.1) is 10.6 Å². The van der Waals surface area contributed by atoms with Gasteiger partial charge in [-0.3, -0.25) is 0 Å². The molecule has 0 spiro atoms. The Hall–Kier alpha value is -1.45. The Bertz CT molecular complexity index is 635. The van der Waals surface area contributed by atoms with Crippen molar-refractivity contribution in [3.8, 4) is 11.6 Å². The summed E-state index contributed by atoms with van der Waals surface area (Å²) in [6.07, 6.45) is 0. The molecule has 0 aliphatic rings. The molecule has 0 bridgehead atoms. The first-order chi connectivity index (χ1) is 9.31. The van der Waals surface area contributed by atoms with E-state index in [1.54, 1.807) is 32.0 Å². The van der Waals surface area contributed by atoms with E-state index in [4.69, 9.17) is 27.9 Å². The van der Waals surface area contributed by atoms with Crippen molar-refractivity contribution in [1.29, 1.82) is 0 Å². The summed E-state index contributed by atoms with van der Waals surface area (Å²) in [5, 5.41) is 13.3. The summed E-state index contributed by atoms with van der Waals surface area (Å²) in [7, 11) is 0. The Labute approximate surface area is 128 Å². The fourth-order valence-corrected chi connectivity index (χ4v) is 2.60. The fourth-order valence-electron chi connectivity index (χ4n) is 2.04. The summed E-state index contributed by atoms with van der Waals surface area (Å²) in [6.45, 7) is 7.21. The van der Waals surface area contributed by atoms with Gasteiger partial charge in [0.15, 0.2) is 5.69 Å². The van der Waals surface area contributed by atoms with Crippen LogP contribution in [0.2, 0.25) is 10.0 Å². The van der Waals surface area contributed by atoms with Gasteiger partial charge in [-0.15, -0.1) is 4.73 Å². The van der Waals surface area contributed by atoms with Crippen LogP contribution in [-0.2, 0) is 0 Å². The van der Waals surface area contributed by atoms with Crippen molar-refractivity contribution in [2.75, 3.05) is 0 Å². The molecule has 0 fully saturated rings. The maximum absolute atomic E-state index is 12.1. The van der Waals surface area contributed by atoms with E-state index in [2.05, 4.69) is 0 Å². The number of hydrogen-bond donors (Lipinski definition) is 0. The highest BCUT2D eigenvalue weighted by Gasteiger charge is 2.20. The summed E-state index contributed by atoms with van der Waals surface area (Å²) >= 11 is 12.1. The zero-order valence-electron chi connectivity index (χ0n) is 11.8. The number of ether oxygens (including phenoxy) is 1. The number of rotatable bonds is 2. The molecule has 3 nitrogen and oxygen atoms in total. The number of nitrogens with zero attached hydrogens (tertiary/aromatic N) is 1. The molecule has 5 heteroatoms. The van der Waals surface area contributed by atoms with Crippen LogP contribution in [-0.4, -0.2) is 0 Å². The van der Waals surface area contributed by atoms with Gasteiger partial charge in [-0.05, 0) is 44.0 Å². The summed E-state index contributed by atoms with van der Waals surface area (Å²) < 4.78 is 6.57. The van der Waals surface area contributed by atoms with Gasteiger partial charge < -0.3 is 9.94 Å². The number of benzene rings is 1. The van der Waals surface area contributed by atoms with Crippen molar-refractivity contribution in [1.82, 2.24) is 0 Å². The second-order valence-electron chi connectivity index (χ2n) is 4.83. The summed E-state index contributed by atoms with van der Waals surface area (Å²) in [5.41, 5.74) is 2.83. The van der Waals surface area contributed by atoms with E-state index in [-0.39, 0.29) is 5.88 Å². The average molecular weight is 312 g/mol. The van der Waals surface area contributed by atoms with Crippen molar-refractivity contribution >= 4 is 23.2 Å². The standard InChI is InChI=1S/C15H15Cl2NO2/c1-8-5-12(16)6-9(2)14(8)20-15-11(4)13(17)7-10(3)18(15)19/h5-7H,1-4H3. The number of pyridine rings is 1. The van der Waals surface area contributed by atoms with E-state index in [1.165, 1.54) is 0 Å². The number of hydrogen-bond acceptors (Lipinski definition) is 2. The van der Waals surface area contributed by atoms with Crippen LogP contribution < -0.4 is 9.47 Å². The average Bonchev–Trinajstić information content (AvgIpc) is 2.34. The van der Waals surface area contributed by atoms with Gasteiger partial charge in [-0.1, -0.05) is 23.2 Å². The lowest BCUT2D eigenvalue weighted by atomic mass is 10.1. The lowest BCUT2D eigenvalue weighted by Gasteiger charge is -2.14. The highest BCUT2D eigenvalue weighted by atomic mass is 35.5. The lowest BCUT2D eigenvalue weighted by molar-refractivity contribution is -0.618. The van der Waals surface area contributed by atoms with Crippen molar-refractivity contribution < 1.29 is 9.47 Å². The maximum Gasteiger partial charge on any atom is 0.389 e. The third kappa shape index (κ3) is 2.69. The molecule has 20 heavy (non-hydrogen) atoms. The Balaban J connectivity index is 2.56. The first-order valence-electron chi connectivity index (χ1n) is 6.15. The molecular weight excluding hydrogens is 297 g/mol. The highest BCUT2D eigenvalue weighted by Crippen LogP contribution is 2.33. The van der Waals surface area contributed by atoms with Crippen LogP contribution in [0.4, 0.5) is 0 Å². The van der Waals surface area contributed by atoms with E-state index >= 15 is 0 Å². The quantitative estimate of drug-likeness (QED) is 0.597. The first kappa shape index (κ1) is 14.9. The minimum Gasteiger partial charge on any atom is -0.616 e. The van der Waals surface area contributed by atoms with Crippen molar-refractivity contribution in [2.24, 2.45) is 0 Å². The SMILES string of the molecule is Cc1cc(Cl)cc(C)c1Oc1c(C)c(Cl)cc(C)[n+]1[O-]. The van der Waals surface area contributed by atoms with E-state index in [0.717, 1.165) is 15.9 Å². The summed E-state index contributed by atoms with van der Waals surface area (Å²) in [4.78, 5) is 0. The second-order valence-corrected chi connectivity index (χ2v) is 5.67. The monoisotopic (exact) mass is 311 g/mol. The van der Waals surface area contributed by atoms with E-state index in [9.17, 15) is 5.21 Å². The molecule has 0 atom stereocenters. The molecule has 1 heterocycles. The van der Waals surface area contributed by atoms with Crippen molar-refractivity contribution in [3.05, 3.63) is 55.8 Å². The summed E-state index contributed by atoms with van der Waals surface area (Å²) in [5.74, 6) is 0.826. The van der Waals surface area contributed by atoms with Gasteiger partial charge in [0.2, 0.25) is 0 Å². The molecule has 2 rings (SSSR count). The Morgan fingerprint density at radius 2 is 1.55 bits per heavy atom. The van der Waals surface area contributed by atoms with Gasteiger partial charge in [0.25, 0.3) is 0 Å². The molecule has 0 N–H and O–H groups in total.